The molecule has 0 bridgehead atoms. The predicted molar refractivity (Wildman–Crippen MR) is 180 cm³/mol. The van der Waals surface area contributed by atoms with Crippen LogP contribution in [0.15, 0.2) is 127 Å². The van der Waals surface area contributed by atoms with Crippen LogP contribution >= 0.6 is 0 Å². The number of hydrogen-bond acceptors (Lipinski definition) is 3. The zero-order valence-corrected chi connectivity index (χ0v) is 24.6. The minimum atomic E-state index is -2.00. The lowest BCUT2D eigenvalue weighted by Crippen LogP contribution is -2.34. The second kappa shape index (κ2) is 10.4. The molecule has 1 saturated carbocycles. The van der Waals surface area contributed by atoms with Crippen molar-refractivity contribution in [1.29, 1.82) is 0 Å². The Hall–Kier alpha value is -4.89. The summed E-state index contributed by atoms with van der Waals surface area (Å²) in [5.41, 5.74) is 1.95. The van der Waals surface area contributed by atoms with E-state index >= 15 is 0 Å². The van der Waals surface area contributed by atoms with Crippen LogP contribution in [0.4, 0.5) is 0 Å². The van der Waals surface area contributed by atoms with Crippen molar-refractivity contribution in [3.63, 3.8) is 0 Å². The SMILES string of the molecule is [2H]c1c([2H])c(-c2nc(-c3ccccc3)nc(-c3ccccc3)n2)c([2H])c([2H])c1-c1ccc2c(c1)C1(c3ccccc3-2)C([2H])([2H])CC(C)(C)CC1([2H])[2H]. The Kier molecular flexibility index (Phi) is 4.58. The molecule has 0 N–H and O–H groups in total. The maximum absolute atomic E-state index is 9.53. The molecule has 3 heteroatoms. The van der Waals surface area contributed by atoms with E-state index in [0.29, 0.717) is 45.0 Å². The van der Waals surface area contributed by atoms with E-state index in [1.54, 1.807) is 18.2 Å². The van der Waals surface area contributed by atoms with Crippen molar-refractivity contribution in [3.05, 3.63) is 138 Å². The van der Waals surface area contributed by atoms with E-state index in [-0.39, 0.29) is 54.0 Å². The molecule has 8 rings (SSSR count). The fraction of sp³-hybridized carbons (Fsp3) is 0.195. The van der Waals surface area contributed by atoms with Gasteiger partial charge in [0.25, 0.3) is 0 Å². The first kappa shape index (κ1) is 19.4. The standard InChI is InChI=1S/C41H35N3/c1-40(2)23-25-41(26-24-40)35-16-10-9-15-33(35)34-22-21-32(27-36(34)41)28-17-19-31(20-18-28)39-43-37(29-11-5-3-6-12-29)42-38(44-39)30-13-7-4-8-14-30/h3-22,27H,23-26H2,1-2H3/i17D,18D,19D,20D,25D2,26D2. The van der Waals surface area contributed by atoms with Crippen molar-refractivity contribution in [1.82, 2.24) is 15.0 Å². The fourth-order valence-corrected chi connectivity index (χ4v) is 6.17. The smallest absolute Gasteiger partial charge is 0.164 e. The van der Waals surface area contributed by atoms with Crippen LogP contribution in [0, 0.1) is 5.41 Å². The van der Waals surface area contributed by atoms with Gasteiger partial charge < -0.3 is 0 Å². The number of benzene rings is 5. The number of rotatable bonds is 4. The van der Waals surface area contributed by atoms with Crippen molar-refractivity contribution in [2.75, 3.05) is 0 Å². The van der Waals surface area contributed by atoms with Gasteiger partial charge >= 0.3 is 0 Å². The van der Waals surface area contributed by atoms with Gasteiger partial charge in [-0.25, -0.2) is 15.0 Å². The highest BCUT2D eigenvalue weighted by Gasteiger charge is 2.46. The number of hydrogen-bond donors (Lipinski definition) is 0. The molecule has 1 spiro atoms. The molecule has 6 aromatic rings. The molecule has 1 fully saturated rings. The van der Waals surface area contributed by atoms with Crippen LogP contribution in [0.5, 0.6) is 0 Å². The normalized spacial score (nSPS) is 20.9. The average molecular weight is 578 g/mol. The third-order valence-corrected chi connectivity index (χ3v) is 8.55. The van der Waals surface area contributed by atoms with Gasteiger partial charge in [-0.05, 0) is 70.4 Å². The molecule has 0 unspecified atom stereocenters. The number of nitrogens with zero attached hydrogens (tertiary/aromatic N) is 3. The monoisotopic (exact) mass is 577 g/mol. The van der Waals surface area contributed by atoms with Gasteiger partial charge in [0.2, 0.25) is 0 Å². The third kappa shape index (κ3) is 4.55. The lowest BCUT2D eigenvalue weighted by atomic mass is 9.61. The fourth-order valence-electron chi connectivity index (χ4n) is 6.17. The Labute approximate surface area is 271 Å². The molecule has 0 atom stereocenters. The van der Waals surface area contributed by atoms with E-state index < -0.39 is 23.6 Å². The van der Waals surface area contributed by atoms with E-state index in [2.05, 4.69) is 9.97 Å². The summed E-state index contributed by atoms with van der Waals surface area (Å²) in [4.78, 5) is 14.0. The van der Waals surface area contributed by atoms with Gasteiger partial charge in [0, 0.05) is 27.6 Å². The summed E-state index contributed by atoms with van der Waals surface area (Å²) >= 11 is 0. The minimum absolute atomic E-state index is 0.00539. The summed E-state index contributed by atoms with van der Waals surface area (Å²) in [6, 6.07) is 29.9. The van der Waals surface area contributed by atoms with Crippen LogP contribution in [0.1, 0.15) is 61.5 Å². The lowest BCUT2D eigenvalue weighted by Gasteiger charge is -2.43. The van der Waals surface area contributed by atoms with Gasteiger partial charge in [0.05, 0.1) is 5.48 Å². The maximum Gasteiger partial charge on any atom is 0.164 e. The van der Waals surface area contributed by atoms with Crippen molar-refractivity contribution < 1.29 is 11.0 Å². The van der Waals surface area contributed by atoms with Gasteiger partial charge in [-0.15, -0.1) is 0 Å². The van der Waals surface area contributed by atoms with Gasteiger partial charge in [-0.3, -0.25) is 0 Å². The van der Waals surface area contributed by atoms with Gasteiger partial charge in [0.1, 0.15) is 0 Å². The highest BCUT2D eigenvalue weighted by Crippen LogP contribution is 2.58. The molecule has 5 aromatic carbocycles. The van der Waals surface area contributed by atoms with Crippen molar-refractivity contribution in [3.8, 4) is 56.4 Å². The van der Waals surface area contributed by atoms with Crippen molar-refractivity contribution >= 4 is 0 Å². The molecule has 0 aliphatic heterocycles. The third-order valence-electron chi connectivity index (χ3n) is 8.55. The summed E-state index contributed by atoms with van der Waals surface area (Å²) in [7, 11) is 0. The van der Waals surface area contributed by atoms with Crippen molar-refractivity contribution in [2.45, 2.75) is 44.8 Å². The topological polar surface area (TPSA) is 38.7 Å². The largest absolute Gasteiger partial charge is 0.208 e. The van der Waals surface area contributed by atoms with Crippen LogP contribution in [-0.4, -0.2) is 15.0 Å². The summed E-state index contributed by atoms with van der Waals surface area (Å²) in [6.45, 7) is 3.80. The van der Waals surface area contributed by atoms with E-state index in [4.69, 9.17) is 4.98 Å². The van der Waals surface area contributed by atoms with Crippen LogP contribution in [-0.2, 0) is 5.41 Å². The Morgan fingerprint density at radius 2 is 1.02 bits per heavy atom. The molecule has 2 aliphatic rings. The summed E-state index contributed by atoms with van der Waals surface area (Å²) in [5, 5.41) is 0. The summed E-state index contributed by atoms with van der Waals surface area (Å²) in [6.07, 6.45) is -3.73. The zero-order valence-electron chi connectivity index (χ0n) is 32.6. The summed E-state index contributed by atoms with van der Waals surface area (Å²) in [5.74, 6) is 0.659. The maximum atomic E-state index is 9.53. The molecule has 0 amide bonds. The van der Waals surface area contributed by atoms with Crippen LogP contribution in [0.2, 0.25) is 0 Å². The van der Waals surface area contributed by atoms with Crippen LogP contribution in [0.25, 0.3) is 56.4 Å². The molecular formula is C41H35N3. The van der Waals surface area contributed by atoms with E-state index in [9.17, 15) is 11.0 Å². The predicted octanol–water partition coefficient (Wildman–Crippen LogP) is 10.4. The Morgan fingerprint density at radius 3 is 1.64 bits per heavy atom. The zero-order chi connectivity index (χ0) is 36.8. The second-order valence-corrected chi connectivity index (χ2v) is 12.2. The Balaban J connectivity index is 1.34. The minimum Gasteiger partial charge on any atom is -0.208 e. The summed E-state index contributed by atoms with van der Waals surface area (Å²) < 4.78 is 75.1. The average Bonchev–Trinajstić information content (AvgIpc) is 3.42. The molecule has 0 radical (unpaired) electrons. The molecule has 1 aromatic heterocycles. The van der Waals surface area contributed by atoms with Crippen molar-refractivity contribution in [2.24, 2.45) is 5.41 Å². The highest BCUT2D eigenvalue weighted by molar-refractivity contribution is 5.84. The molecule has 1 heterocycles. The molecular weight excluding hydrogens is 534 g/mol. The molecule has 44 heavy (non-hydrogen) atoms. The molecule has 3 nitrogen and oxygen atoms in total. The number of fused-ring (bicyclic) bond motifs is 5. The first-order valence-electron chi connectivity index (χ1n) is 18.9. The highest BCUT2D eigenvalue weighted by atomic mass is 15.0. The first-order valence-corrected chi connectivity index (χ1v) is 14.9. The Morgan fingerprint density at radius 1 is 0.523 bits per heavy atom. The van der Waals surface area contributed by atoms with Gasteiger partial charge in [-0.1, -0.05) is 135 Å². The molecule has 2 aliphatic carbocycles. The lowest BCUT2D eigenvalue weighted by molar-refractivity contribution is 0.188. The van der Waals surface area contributed by atoms with E-state index in [0.717, 1.165) is 5.56 Å². The van der Waals surface area contributed by atoms with Crippen LogP contribution < -0.4 is 0 Å². The quantitative estimate of drug-likeness (QED) is 0.209. The second-order valence-electron chi connectivity index (χ2n) is 12.2. The van der Waals surface area contributed by atoms with Crippen LogP contribution in [0.3, 0.4) is 0 Å². The van der Waals surface area contributed by atoms with E-state index in [1.165, 1.54) is 0 Å². The Bertz CT molecular complexity index is 2290. The van der Waals surface area contributed by atoms with Gasteiger partial charge in [-0.2, -0.15) is 0 Å². The van der Waals surface area contributed by atoms with Gasteiger partial charge in [0.15, 0.2) is 17.5 Å². The molecule has 214 valence electrons. The molecule has 0 saturated heterocycles. The number of aromatic nitrogens is 3. The van der Waals surface area contributed by atoms with E-state index in [1.807, 2.05) is 98.8 Å². The first-order chi connectivity index (χ1) is 24.7.